The topological polar surface area (TPSA) is 85.1 Å². The average molecular weight is 470 g/mol. The molecule has 0 bridgehead atoms. The van der Waals surface area contributed by atoms with Crippen LogP contribution in [0.3, 0.4) is 0 Å². The van der Waals surface area contributed by atoms with Crippen LogP contribution in [0, 0.1) is 10.1 Å². The highest BCUT2D eigenvalue weighted by Crippen LogP contribution is 2.40. The van der Waals surface area contributed by atoms with Crippen LogP contribution in [-0.4, -0.2) is 15.8 Å². The summed E-state index contributed by atoms with van der Waals surface area (Å²) in [5, 5.41) is 15.2. The number of anilines is 1. The number of thiazole rings is 1. The fraction of sp³-hybridized carbons (Fsp3) is 0. The molecule has 0 fully saturated rings. The minimum Gasteiger partial charge on any atom is -0.298 e. The van der Waals surface area contributed by atoms with Gasteiger partial charge in [-0.2, -0.15) is 0 Å². The standard InChI is InChI=1S/C22H13Cl2N3O3S/c23-16-8-4-14(5-9-16)20-19(13-6-10-18(11-7-13)27(29)30)25-22(31-20)26-21(28)15-2-1-3-17(24)12-15/h1-12H,(H,25,26,28). The molecule has 0 saturated carbocycles. The fourth-order valence-electron chi connectivity index (χ4n) is 2.91. The molecule has 1 aromatic heterocycles. The number of nitro benzene ring substituents is 1. The van der Waals surface area contributed by atoms with Crippen LogP contribution in [0.15, 0.2) is 72.8 Å². The summed E-state index contributed by atoms with van der Waals surface area (Å²) < 4.78 is 0. The van der Waals surface area contributed by atoms with Gasteiger partial charge in [-0.1, -0.05) is 52.7 Å². The van der Waals surface area contributed by atoms with Crippen molar-refractivity contribution in [3.8, 4) is 21.7 Å². The van der Waals surface area contributed by atoms with Crippen molar-refractivity contribution >= 4 is 51.3 Å². The van der Waals surface area contributed by atoms with E-state index in [1.807, 2.05) is 12.1 Å². The zero-order chi connectivity index (χ0) is 22.0. The van der Waals surface area contributed by atoms with Crippen molar-refractivity contribution in [3.05, 3.63) is 98.5 Å². The lowest BCUT2D eigenvalue weighted by atomic mass is 10.1. The van der Waals surface area contributed by atoms with E-state index in [0.29, 0.717) is 32.0 Å². The van der Waals surface area contributed by atoms with Gasteiger partial charge in [0.05, 0.1) is 15.5 Å². The summed E-state index contributed by atoms with van der Waals surface area (Å²) in [5.41, 5.74) is 2.55. The summed E-state index contributed by atoms with van der Waals surface area (Å²) in [6.45, 7) is 0. The third kappa shape index (κ3) is 4.74. The van der Waals surface area contributed by atoms with Crippen LogP contribution >= 0.6 is 34.5 Å². The van der Waals surface area contributed by atoms with E-state index in [4.69, 9.17) is 23.2 Å². The quantitative estimate of drug-likeness (QED) is 0.253. The highest BCUT2D eigenvalue weighted by molar-refractivity contribution is 7.19. The Bertz CT molecular complexity index is 1270. The van der Waals surface area contributed by atoms with Gasteiger partial charge in [0.25, 0.3) is 11.6 Å². The molecule has 0 aliphatic heterocycles. The molecule has 0 atom stereocenters. The van der Waals surface area contributed by atoms with Gasteiger partial charge in [0.1, 0.15) is 0 Å². The maximum atomic E-state index is 12.6. The molecule has 3 aromatic carbocycles. The predicted molar refractivity (Wildman–Crippen MR) is 124 cm³/mol. The lowest BCUT2D eigenvalue weighted by molar-refractivity contribution is -0.384. The first-order valence-electron chi connectivity index (χ1n) is 8.99. The Balaban J connectivity index is 1.74. The van der Waals surface area contributed by atoms with Crippen molar-refractivity contribution in [1.29, 1.82) is 0 Å². The number of hydrogen-bond donors (Lipinski definition) is 1. The van der Waals surface area contributed by atoms with E-state index < -0.39 is 4.92 Å². The van der Waals surface area contributed by atoms with Crippen LogP contribution in [0.25, 0.3) is 21.7 Å². The van der Waals surface area contributed by atoms with E-state index >= 15 is 0 Å². The van der Waals surface area contributed by atoms with E-state index in [-0.39, 0.29) is 11.6 Å². The van der Waals surface area contributed by atoms with Crippen molar-refractivity contribution < 1.29 is 9.72 Å². The minimum absolute atomic E-state index is 0.0125. The number of carbonyl (C=O) groups is 1. The maximum Gasteiger partial charge on any atom is 0.269 e. The molecule has 4 aromatic rings. The number of carbonyl (C=O) groups excluding carboxylic acids is 1. The Hall–Kier alpha value is -3.26. The normalized spacial score (nSPS) is 10.6. The molecule has 1 amide bonds. The molecular weight excluding hydrogens is 457 g/mol. The molecule has 1 heterocycles. The van der Waals surface area contributed by atoms with Gasteiger partial charge < -0.3 is 0 Å². The lowest BCUT2D eigenvalue weighted by Crippen LogP contribution is -2.11. The first kappa shape index (κ1) is 21.0. The summed E-state index contributed by atoms with van der Waals surface area (Å²) in [5.74, 6) is -0.339. The monoisotopic (exact) mass is 469 g/mol. The van der Waals surface area contributed by atoms with Gasteiger partial charge >= 0.3 is 0 Å². The molecule has 0 saturated heterocycles. The van der Waals surface area contributed by atoms with E-state index in [1.54, 1.807) is 48.5 Å². The molecule has 1 N–H and O–H groups in total. The molecule has 4 rings (SSSR count). The Labute approximate surface area is 191 Å². The number of rotatable bonds is 5. The van der Waals surface area contributed by atoms with E-state index in [1.165, 1.54) is 23.5 Å². The predicted octanol–water partition coefficient (Wildman–Crippen LogP) is 6.94. The number of amides is 1. The molecule has 0 radical (unpaired) electrons. The first-order valence-corrected chi connectivity index (χ1v) is 10.6. The van der Waals surface area contributed by atoms with Crippen LogP contribution in [0.5, 0.6) is 0 Å². The van der Waals surface area contributed by atoms with Gasteiger partial charge in [-0.15, -0.1) is 0 Å². The Morgan fingerprint density at radius 3 is 2.26 bits per heavy atom. The van der Waals surface area contributed by atoms with E-state index in [2.05, 4.69) is 10.3 Å². The van der Waals surface area contributed by atoms with Crippen molar-refractivity contribution in [2.75, 3.05) is 5.32 Å². The van der Waals surface area contributed by atoms with Gasteiger partial charge in [0, 0.05) is 33.3 Å². The molecule has 6 nitrogen and oxygen atoms in total. The number of hydrogen-bond acceptors (Lipinski definition) is 5. The van der Waals surface area contributed by atoms with Gasteiger partial charge in [-0.25, -0.2) is 4.98 Å². The van der Waals surface area contributed by atoms with Crippen molar-refractivity contribution in [2.24, 2.45) is 0 Å². The number of benzene rings is 3. The summed E-state index contributed by atoms with van der Waals surface area (Å²) in [4.78, 5) is 28.5. The minimum atomic E-state index is -0.457. The smallest absolute Gasteiger partial charge is 0.269 e. The van der Waals surface area contributed by atoms with Crippen LogP contribution in [-0.2, 0) is 0 Å². The van der Waals surface area contributed by atoms with Gasteiger partial charge in [0.2, 0.25) is 0 Å². The van der Waals surface area contributed by atoms with E-state index in [0.717, 1.165) is 10.4 Å². The fourth-order valence-corrected chi connectivity index (χ4v) is 4.21. The molecule has 0 unspecified atom stereocenters. The van der Waals surface area contributed by atoms with Crippen LogP contribution in [0.4, 0.5) is 10.8 Å². The number of nitro groups is 1. The number of nitrogens with one attached hydrogen (secondary N) is 1. The Morgan fingerprint density at radius 2 is 1.61 bits per heavy atom. The average Bonchev–Trinajstić information content (AvgIpc) is 3.18. The summed E-state index contributed by atoms with van der Waals surface area (Å²) >= 11 is 13.3. The second-order valence-electron chi connectivity index (χ2n) is 6.47. The van der Waals surface area contributed by atoms with Crippen molar-refractivity contribution in [2.45, 2.75) is 0 Å². The number of aromatic nitrogens is 1. The molecule has 31 heavy (non-hydrogen) atoms. The first-order chi connectivity index (χ1) is 14.9. The molecule has 154 valence electrons. The zero-order valence-corrected chi connectivity index (χ0v) is 18.0. The van der Waals surface area contributed by atoms with Crippen molar-refractivity contribution in [3.63, 3.8) is 0 Å². The van der Waals surface area contributed by atoms with Gasteiger partial charge in [0.15, 0.2) is 5.13 Å². The SMILES string of the molecule is O=C(Nc1nc(-c2ccc([N+](=O)[O-])cc2)c(-c2ccc(Cl)cc2)s1)c1cccc(Cl)c1. The molecular formula is C22H13Cl2N3O3S. The molecule has 9 heteroatoms. The largest absolute Gasteiger partial charge is 0.298 e. The molecule has 0 spiro atoms. The number of nitrogens with zero attached hydrogens (tertiary/aromatic N) is 2. The maximum absolute atomic E-state index is 12.6. The second-order valence-corrected chi connectivity index (χ2v) is 8.34. The highest BCUT2D eigenvalue weighted by atomic mass is 35.5. The second kappa shape index (κ2) is 8.85. The number of non-ortho nitro benzene ring substituents is 1. The van der Waals surface area contributed by atoms with Crippen molar-refractivity contribution in [1.82, 2.24) is 4.98 Å². The van der Waals surface area contributed by atoms with Crippen LogP contribution < -0.4 is 5.32 Å². The van der Waals surface area contributed by atoms with Crippen LogP contribution in [0.2, 0.25) is 10.0 Å². The lowest BCUT2D eigenvalue weighted by Gasteiger charge is -2.03. The van der Waals surface area contributed by atoms with Gasteiger partial charge in [-0.3, -0.25) is 20.2 Å². The van der Waals surface area contributed by atoms with Gasteiger partial charge in [-0.05, 0) is 48.0 Å². The summed E-state index contributed by atoms with van der Waals surface area (Å²) in [7, 11) is 0. The third-order valence-corrected chi connectivity index (χ3v) is 5.90. The number of halogens is 2. The van der Waals surface area contributed by atoms with E-state index in [9.17, 15) is 14.9 Å². The summed E-state index contributed by atoms with van der Waals surface area (Å²) in [6, 6.07) is 20.0. The summed E-state index contributed by atoms with van der Waals surface area (Å²) in [6.07, 6.45) is 0. The zero-order valence-electron chi connectivity index (χ0n) is 15.7. The molecule has 0 aliphatic rings. The molecule has 0 aliphatic carbocycles. The van der Waals surface area contributed by atoms with Crippen LogP contribution in [0.1, 0.15) is 10.4 Å². The Morgan fingerprint density at radius 1 is 0.935 bits per heavy atom. The highest BCUT2D eigenvalue weighted by Gasteiger charge is 2.18. The Kier molecular flexibility index (Phi) is 5.99. The third-order valence-electron chi connectivity index (χ3n) is 4.39.